The second-order valence-corrected chi connectivity index (χ2v) is 7.74. The number of hydrogen-bond acceptors (Lipinski definition) is 4. The van der Waals surface area contributed by atoms with Crippen LogP contribution in [0.4, 0.5) is 0 Å². The lowest BCUT2D eigenvalue weighted by atomic mass is 9.92. The van der Waals surface area contributed by atoms with Crippen molar-refractivity contribution in [1.82, 2.24) is 10.3 Å². The number of alkyl halides is 1. The van der Waals surface area contributed by atoms with Crippen LogP contribution in [0, 0.1) is 5.92 Å². The number of benzene rings is 2. The van der Waals surface area contributed by atoms with Gasteiger partial charge in [0.25, 0.3) is 0 Å². The van der Waals surface area contributed by atoms with Gasteiger partial charge >= 0.3 is 0 Å². The maximum atomic E-state index is 12.6. The SMILES string of the molecule is COc1ccccc1CCC(=O)N[C@@H](N)C(Cc1c[nH]c2ccccc12)C(=O)CBr. The zero-order valence-electron chi connectivity index (χ0n) is 16.9. The minimum absolute atomic E-state index is 0.0437. The number of methoxy groups -OCH3 is 1. The Balaban J connectivity index is 1.65. The molecule has 6 nitrogen and oxygen atoms in total. The number of hydrogen-bond donors (Lipinski definition) is 3. The monoisotopic (exact) mass is 471 g/mol. The maximum Gasteiger partial charge on any atom is 0.221 e. The van der Waals surface area contributed by atoms with Crippen LogP contribution in [-0.4, -0.2) is 35.3 Å². The molecule has 158 valence electrons. The van der Waals surface area contributed by atoms with Gasteiger partial charge in [-0.15, -0.1) is 0 Å². The van der Waals surface area contributed by atoms with Crippen molar-refractivity contribution in [2.24, 2.45) is 11.7 Å². The number of carbonyl (C=O) groups is 2. The standard InChI is InChI=1S/C23H26BrN3O3/c1-30-21-9-5-2-6-15(21)10-11-22(29)27-23(25)18(20(28)13-24)12-16-14-26-19-8-4-3-7-17(16)19/h2-9,14,18,23,26H,10-13,25H2,1H3,(H,27,29)/t18?,23-/m1/s1. The fourth-order valence-electron chi connectivity index (χ4n) is 3.59. The number of ether oxygens (including phenoxy) is 1. The van der Waals surface area contributed by atoms with E-state index in [0.29, 0.717) is 12.8 Å². The molecule has 0 aliphatic carbocycles. The van der Waals surface area contributed by atoms with Gasteiger partial charge in [0, 0.05) is 23.5 Å². The van der Waals surface area contributed by atoms with Crippen molar-refractivity contribution in [3.05, 3.63) is 65.9 Å². The number of nitrogens with one attached hydrogen (secondary N) is 2. The topological polar surface area (TPSA) is 97.2 Å². The van der Waals surface area contributed by atoms with Gasteiger partial charge in [0.15, 0.2) is 0 Å². The molecule has 1 heterocycles. The summed E-state index contributed by atoms with van der Waals surface area (Å²) in [7, 11) is 1.61. The fraction of sp³-hybridized carbons (Fsp3) is 0.304. The van der Waals surface area contributed by atoms with E-state index in [1.54, 1.807) is 7.11 Å². The van der Waals surface area contributed by atoms with Crippen molar-refractivity contribution >= 4 is 38.5 Å². The number of rotatable bonds is 10. The van der Waals surface area contributed by atoms with E-state index in [0.717, 1.165) is 27.8 Å². The molecule has 0 saturated heterocycles. The van der Waals surface area contributed by atoms with Crippen LogP contribution in [-0.2, 0) is 22.4 Å². The number of carbonyl (C=O) groups excluding carboxylic acids is 2. The van der Waals surface area contributed by atoms with Gasteiger partial charge in [-0.25, -0.2) is 0 Å². The van der Waals surface area contributed by atoms with E-state index in [2.05, 4.69) is 26.2 Å². The van der Waals surface area contributed by atoms with Crippen LogP contribution in [0.5, 0.6) is 5.75 Å². The fourth-order valence-corrected chi connectivity index (χ4v) is 4.01. The first kappa shape index (κ1) is 22.1. The van der Waals surface area contributed by atoms with Crippen molar-refractivity contribution < 1.29 is 14.3 Å². The molecule has 2 aromatic carbocycles. The van der Waals surface area contributed by atoms with Crippen LogP contribution in [0.3, 0.4) is 0 Å². The summed E-state index contributed by atoms with van der Waals surface area (Å²) >= 11 is 3.24. The molecule has 0 radical (unpaired) electrons. The maximum absolute atomic E-state index is 12.6. The molecule has 1 aromatic heterocycles. The Morgan fingerprint density at radius 3 is 2.63 bits per heavy atom. The molecule has 0 bridgehead atoms. The molecular formula is C23H26BrN3O3. The van der Waals surface area contributed by atoms with E-state index >= 15 is 0 Å². The molecule has 3 rings (SSSR count). The minimum atomic E-state index is -0.770. The number of aryl methyl sites for hydroxylation is 1. The Morgan fingerprint density at radius 1 is 1.13 bits per heavy atom. The lowest BCUT2D eigenvalue weighted by Crippen LogP contribution is -2.50. The highest BCUT2D eigenvalue weighted by Crippen LogP contribution is 2.23. The second kappa shape index (κ2) is 10.4. The highest BCUT2D eigenvalue weighted by atomic mass is 79.9. The van der Waals surface area contributed by atoms with Crippen molar-refractivity contribution in [3.8, 4) is 5.75 Å². The summed E-state index contributed by atoms with van der Waals surface area (Å²) in [4.78, 5) is 28.3. The molecular weight excluding hydrogens is 446 g/mol. The number of fused-ring (bicyclic) bond motifs is 1. The van der Waals surface area contributed by atoms with Gasteiger partial charge in [0.1, 0.15) is 11.5 Å². The number of aromatic amines is 1. The number of para-hydroxylation sites is 2. The molecule has 0 aliphatic heterocycles. The molecule has 7 heteroatoms. The van der Waals surface area contributed by atoms with Crippen molar-refractivity contribution in [2.45, 2.75) is 25.4 Å². The number of ketones is 1. The Bertz CT molecular complexity index is 1020. The van der Waals surface area contributed by atoms with Crippen LogP contribution in [0.2, 0.25) is 0 Å². The highest BCUT2D eigenvalue weighted by molar-refractivity contribution is 9.09. The largest absolute Gasteiger partial charge is 0.496 e. The van der Waals surface area contributed by atoms with Crippen molar-refractivity contribution in [2.75, 3.05) is 12.4 Å². The molecule has 0 spiro atoms. The second-order valence-electron chi connectivity index (χ2n) is 7.18. The Kier molecular flexibility index (Phi) is 7.65. The molecule has 0 fully saturated rings. The smallest absolute Gasteiger partial charge is 0.221 e. The van der Waals surface area contributed by atoms with Crippen molar-refractivity contribution in [3.63, 3.8) is 0 Å². The van der Waals surface area contributed by atoms with Gasteiger partial charge in [-0.2, -0.15) is 0 Å². The first-order valence-corrected chi connectivity index (χ1v) is 11.0. The molecule has 30 heavy (non-hydrogen) atoms. The van der Waals surface area contributed by atoms with E-state index in [1.165, 1.54) is 0 Å². The minimum Gasteiger partial charge on any atom is -0.496 e. The Morgan fingerprint density at radius 2 is 1.87 bits per heavy atom. The van der Waals surface area contributed by atoms with E-state index in [-0.39, 0.29) is 23.4 Å². The van der Waals surface area contributed by atoms with E-state index in [9.17, 15) is 9.59 Å². The summed E-state index contributed by atoms with van der Waals surface area (Å²) in [6.45, 7) is 0. The summed E-state index contributed by atoms with van der Waals surface area (Å²) in [5.74, 6) is -0.0161. The van der Waals surface area contributed by atoms with Crippen molar-refractivity contribution in [1.29, 1.82) is 0 Å². The number of nitrogens with two attached hydrogens (primary N) is 1. The van der Waals surface area contributed by atoms with Gasteiger partial charge in [-0.1, -0.05) is 52.3 Å². The third kappa shape index (κ3) is 5.29. The molecule has 1 unspecified atom stereocenters. The van der Waals surface area contributed by atoms with E-state index in [4.69, 9.17) is 10.5 Å². The van der Waals surface area contributed by atoms with Gasteiger partial charge in [0.2, 0.25) is 5.91 Å². The first-order chi connectivity index (χ1) is 14.5. The van der Waals surface area contributed by atoms with Gasteiger partial charge < -0.3 is 20.8 Å². The average molecular weight is 472 g/mol. The number of Topliss-reactive ketones (excluding diaryl/α,β-unsaturated/α-hetero) is 1. The van der Waals surface area contributed by atoms with Gasteiger partial charge in [-0.3, -0.25) is 9.59 Å². The Labute approximate surface area is 184 Å². The molecule has 3 aromatic rings. The van der Waals surface area contributed by atoms with Crippen LogP contribution in [0.1, 0.15) is 17.5 Å². The van der Waals surface area contributed by atoms with Crippen LogP contribution in [0.25, 0.3) is 10.9 Å². The number of H-pyrrole nitrogens is 1. The van der Waals surface area contributed by atoms with E-state index in [1.807, 2.05) is 54.7 Å². The average Bonchev–Trinajstić information content (AvgIpc) is 3.18. The highest BCUT2D eigenvalue weighted by Gasteiger charge is 2.27. The van der Waals surface area contributed by atoms with Crippen LogP contribution < -0.4 is 15.8 Å². The summed E-state index contributed by atoms with van der Waals surface area (Å²) in [6.07, 6.45) is 2.37. The zero-order valence-corrected chi connectivity index (χ0v) is 18.4. The third-order valence-corrected chi connectivity index (χ3v) is 5.79. The summed E-state index contributed by atoms with van der Waals surface area (Å²) in [5, 5.41) is 4.05. The predicted molar refractivity (Wildman–Crippen MR) is 122 cm³/mol. The predicted octanol–water partition coefficient (Wildman–Crippen LogP) is 3.33. The lowest BCUT2D eigenvalue weighted by molar-refractivity contribution is -0.124. The van der Waals surface area contributed by atoms with Gasteiger partial charge in [-0.05, 0) is 36.1 Å². The number of halogens is 1. The Hall–Kier alpha value is -2.64. The normalized spacial score (nSPS) is 13.0. The third-order valence-electron chi connectivity index (χ3n) is 5.24. The van der Waals surface area contributed by atoms with Crippen LogP contribution >= 0.6 is 15.9 Å². The number of aromatic nitrogens is 1. The summed E-state index contributed by atoms with van der Waals surface area (Å²) in [5.41, 5.74) is 9.24. The molecule has 0 aliphatic rings. The van der Waals surface area contributed by atoms with Crippen LogP contribution in [0.15, 0.2) is 54.7 Å². The van der Waals surface area contributed by atoms with E-state index < -0.39 is 12.1 Å². The zero-order chi connectivity index (χ0) is 21.5. The molecule has 4 N–H and O–H groups in total. The molecule has 0 saturated carbocycles. The number of amides is 1. The summed E-state index contributed by atoms with van der Waals surface area (Å²) in [6, 6.07) is 15.5. The van der Waals surface area contributed by atoms with Gasteiger partial charge in [0.05, 0.1) is 24.5 Å². The molecule has 2 atom stereocenters. The summed E-state index contributed by atoms with van der Waals surface area (Å²) < 4.78 is 5.33. The lowest BCUT2D eigenvalue weighted by Gasteiger charge is -2.23. The molecule has 1 amide bonds. The first-order valence-electron chi connectivity index (χ1n) is 9.84. The quantitative estimate of drug-likeness (QED) is 0.312.